The van der Waals surface area contributed by atoms with Crippen molar-refractivity contribution in [3.8, 4) is 17.2 Å². The Labute approximate surface area is 189 Å². The van der Waals surface area contributed by atoms with Crippen LogP contribution in [0.5, 0.6) is 17.2 Å². The lowest BCUT2D eigenvalue weighted by atomic mass is 9.93. The van der Waals surface area contributed by atoms with E-state index < -0.39 is 5.91 Å². The van der Waals surface area contributed by atoms with Crippen LogP contribution in [0.15, 0.2) is 52.0 Å². The maximum atomic E-state index is 12.9. The standard InChI is InChI=1S/C24H21N3O6/c1-13-21-17(26-27-23(29)14-5-8-16(28)9-6-14)3-2-4-19(21)33-22(13)24(30)25-15-7-10-18-20(11-15)32-12-31-18/h5-11,28H,2-4,12H2,1H3,(H,25,30)(H,27,29)/b26-17+. The number of hydrazone groups is 1. The molecule has 1 aliphatic carbocycles. The molecule has 3 aromatic rings. The first-order valence-corrected chi connectivity index (χ1v) is 10.5. The van der Waals surface area contributed by atoms with E-state index in [0.29, 0.717) is 52.6 Å². The number of carbonyl (C=O) groups excluding carboxylic acids is 2. The van der Waals surface area contributed by atoms with Gasteiger partial charge in [0.1, 0.15) is 11.5 Å². The quantitative estimate of drug-likeness (QED) is 0.524. The van der Waals surface area contributed by atoms with Gasteiger partial charge in [-0.1, -0.05) is 0 Å². The number of benzene rings is 2. The Balaban J connectivity index is 1.36. The molecule has 9 nitrogen and oxygen atoms in total. The van der Waals surface area contributed by atoms with Crippen molar-refractivity contribution >= 4 is 23.2 Å². The van der Waals surface area contributed by atoms with Crippen molar-refractivity contribution in [2.45, 2.75) is 26.2 Å². The zero-order chi connectivity index (χ0) is 22.9. The van der Waals surface area contributed by atoms with Crippen molar-refractivity contribution in [2.24, 2.45) is 5.10 Å². The van der Waals surface area contributed by atoms with E-state index >= 15 is 0 Å². The molecule has 5 rings (SSSR count). The van der Waals surface area contributed by atoms with Crippen LogP contribution in [0.2, 0.25) is 0 Å². The number of rotatable bonds is 4. The summed E-state index contributed by atoms with van der Waals surface area (Å²) in [6.07, 6.45) is 2.11. The second kappa shape index (κ2) is 8.34. The number of aryl methyl sites for hydroxylation is 1. The fourth-order valence-electron chi connectivity index (χ4n) is 3.95. The summed E-state index contributed by atoms with van der Waals surface area (Å²) in [5.74, 6) is 1.39. The van der Waals surface area contributed by atoms with Crippen LogP contribution in [0.1, 0.15) is 50.6 Å². The number of aromatic hydroxyl groups is 1. The van der Waals surface area contributed by atoms with E-state index in [0.717, 1.165) is 12.0 Å². The number of nitrogens with one attached hydrogen (secondary N) is 2. The van der Waals surface area contributed by atoms with Gasteiger partial charge in [0.05, 0.1) is 5.71 Å². The van der Waals surface area contributed by atoms with Crippen LogP contribution in [-0.2, 0) is 6.42 Å². The maximum absolute atomic E-state index is 12.9. The van der Waals surface area contributed by atoms with E-state index in [9.17, 15) is 14.7 Å². The third kappa shape index (κ3) is 4.00. The van der Waals surface area contributed by atoms with Crippen LogP contribution >= 0.6 is 0 Å². The second-order valence-electron chi connectivity index (χ2n) is 7.78. The minimum atomic E-state index is -0.392. The molecule has 0 bridgehead atoms. The van der Waals surface area contributed by atoms with Gasteiger partial charge in [0.25, 0.3) is 11.8 Å². The Bertz CT molecular complexity index is 1280. The van der Waals surface area contributed by atoms with Crippen LogP contribution in [-0.4, -0.2) is 29.4 Å². The molecule has 168 valence electrons. The highest BCUT2D eigenvalue weighted by molar-refractivity contribution is 6.09. The molecule has 0 unspecified atom stereocenters. The van der Waals surface area contributed by atoms with Gasteiger partial charge in [0.2, 0.25) is 6.79 Å². The lowest BCUT2D eigenvalue weighted by Gasteiger charge is -2.13. The molecular formula is C24H21N3O6. The molecule has 3 N–H and O–H groups in total. The highest BCUT2D eigenvalue weighted by Gasteiger charge is 2.28. The largest absolute Gasteiger partial charge is 0.508 e. The minimum Gasteiger partial charge on any atom is -0.508 e. The number of amides is 2. The molecule has 9 heteroatoms. The molecular weight excluding hydrogens is 426 g/mol. The van der Waals surface area contributed by atoms with Crippen molar-refractivity contribution in [2.75, 3.05) is 12.1 Å². The molecule has 0 saturated carbocycles. The normalized spacial score (nSPS) is 15.2. The van der Waals surface area contributed by atoms with Gasteiger partial charge >= 0.3 is 0 Å². The fourth-order valence-corrected chi connectivity index (χ4v) is 3.95. The van der Waals surface area contributed by atoms with Gasteiger partial charge in [-0.3, -0.25) is 9.59 Å². The third-order valence-corrected chi connectivity index (χ3v) is 5.58. The van der Waals surface area contributed by atoms with Crippen molar-refractivity contribution in [1.29, 1.82) is 0 Å². The van der Waals surface area contributed by atoms with E-state index in [2.05, 4.69) is 15.8 Å². The predicted molar refractivity (Wildman–Crippen MR) is 119 cm³/mol. The summed E-state index contributed by atoms with van der Waals surface area (Å²) >= 11 is 0. The number of phenolic OH excluding ortho intramolecular Hbond substituents is 1. The molecule has 1 aliphatic heterocycles. The second-order valence-corrected chi connectivity index (χ2v) is 7.78. The first kappa shape index (κ1) is 20.6. The summed E-state index contributed by atoms with van der Waals surface area (Å²) in [7, 11) is 0. The van der Waals surface area contributed by atoms with E-state index in [1.165, 1.54) is 24.3 Å². The van der Waals surface area contributed by atoms with Crippen LogP contribution in [0, 0.1) is 6.92 Å². The number of hydrogen-bond donors (Lipinski definition) is 3. The molecule has 0 spiro atoms. The zero-order valence-corrected chi connectivity index (χ0v) is 17.8. The Morgan fingerprint density at radius 2 is 1.79 bits per heavy atom. The summed E-state index contributed by atoms with van der Waals surface area (Å²) in [6.45, 7) is 1.96. The molecule has 2 heterocycles. The van der Waals surface area contributed by atoms with Gasteiger partial charge in [0.15, 0.2) is 17.3 Å². The number of furan rings is 1. The Morgan fingerprint density at radius 1 is 1.00 bits per heavy atom. The summed E-state index contributed by atoms with van der Waals surface area (Å²) in [5, 5.41) is 16.5. The molecule has 1 aromatic heterocycles. The molecule has 2 aliphatic rings. The maximum Gasteiger partial charge on any atom is 0.291 e. The summed E-state index contributed by atoms with van der Waals surface area (Å²) in [6, 6.07) is 11.1. The number of ether oxygens (including phenoxy) is 2. The SMILES string of the molecule is Cc1c(C(=O)Nc2ccc3c(c2)OCO3)oc2c1/C(=N/NC(=O)c1ccc(O)cc1)CCC2. The van der Waals surface area contributed by atoms with Gasteiger partial charge in [-0.25, -0.2) is 5.43 Å². The number of phenols is 1. The number of fused-ring (bicyclic) bond motifs is 2. The molecule has 0 saturated heterocycles. The Hall–Kier alpha value is -4.27. The third-order valence-electron chi connectivity index (χ3n) is 5.58. The van der Waals surface area contributed by atoms with E-state index in [-0.39, 0.29) is 24.2 Å². The van der Waals surface area contributed by atoms with Crippen molar-refractivity contribution in [3.63, 3.8) is 0 Å². The number of carbonyl (C=O) groups is 2. The Kier molecular flexibility index (Phi) is 5.21. The van der Waals surface area contributed by atoms with Crippen LogP contribution in [0.3, 0.4) is 0 Å². The van der Waals surface area contributed by atoms with Gasteiger partial charge < -0.3 is 24.3 Å². The van der Waals surface area contributed by atoms with E-state index in [1.807, 2.05) is 0 Å². The molecule has 33 heavy (non-hydrogen) atoms. The lowest BCUT2D eigenvalue weighted by molar-refractivity contribution is 0.0953. The van der Waals surface area contributed by atoms with Crippen LogP contribution in [0.25, 0.3) is 0 Å². The van der Waals surface area contributed by atoms with Crippen molar-refractivity contribution < 1.29 is 28.6 Å². The fraction of sp³-hybridized carbons (Fsp3) is 0.208. The minimum absolute atomic E-state index is 0.0790. The summed E-state index contributed by atoms with van der Waals surface area (Å²) in [4.78, 5) is 25.3. The first-order chi connectivity index (χ1) is 16.0. The van der Waals surface area contributed by atoms with E-state index in [1.54, 1.807) is 25.1 Å². The average Bonchev–Trinajstić information content (AvgIpc) is 3.42. The highest BCUT2D eigenvalue weighted by atomic mass is 16.7. The van der Waals surface area contributed by atoms with Gasteiger partial charge in [0, 0.05) is 34.9 Å². The number of nitrogens with zero attached hydrogens (tertiary/aromatic N) is 1. The van der Waals surface area contributed by atoms with Gasteiger partial charge in [-0.05, 0) is 56.2 Å². The van der Waals surface area contributed by atoms with Crippen LogP contribution in [0.4, 0.5) is 5.69 Å². The predicted octanol–water partition coefficient (Wildman–Crippen LogP) is 3.75. The zero-order valence-electron chi connectivity index (χ0n) is 17.8. The molecule has 0 radical (unpaired) electrons. The monoisotopic (exact) mass is 447 g/mol. The van der Waals surface area contributed by atoms with Crippen molar-refractivity contribution in [1.82, 2.24) is 5.43 Å². The van der Waals surface area contributed by atoms with Crippen LogP contribution < -0.4 is 20.2 Å². The lowest BCUT2D eigenvalue weighted by Crippen LogP contribution is -2.22. The summed E-state index contributed by atoms with van der Waals surface area (Å²) < 4.78 is 16.6. The molecule has 0 atom stereocenters. The van der Waals surface area contributed by atoms with Crippen molar-refractivity contribution in [3.05, 3.63) is 70.7 Å². The van der Waals surface area contributed by atoms with Gasteiger partial charge in [-0.2, -0.15) is 5.10 Å². The van der Waals surface area contributed by atoms with E-state index in [4.69, 9.17) is 13.9 Å². The Morgan fingerprint density at radius 3 is 2.61 bits per heavy atom. The van der Waals surface area contributed by atoms with Gasteiger partial charge in [-0.15, -0.1) is 0 Å². The average molecular weight is 447 g/mol. The molecule has 2 amide bonds. The topological polar surface area (TPSA) is 122 Å². The summed E-state index contributed by atoms with van der Waals surface area (Å²) in [5.41, 5.74) is 5.58. The molecule has 2 aromatic carbocycles. The molecule has 0 fully saturated rings. The smallest absolute Gasteiger partial charge is 0.291 e. The number of anilines is 1. The highest BCUT2D eigenvalue weighted by Crippen LogP contribution is 2.35. The number of hydrogen-bond acceptors (Lipinski definition) is 7. The first-order valence-electron chi connectivity index (χ1n) is 10.5.